The molecule has 0 saturated carbocycles. The van der Waals surface area contributed by atoms with E-state index in [4.69, 9.17) is 10.5 Å². The van der Waals surface area contributed by atoms with Crippen LogP contribution in [0.25, 0.3) is 0 Å². The minimum absolute atomic E-state index is 0.0319. The highest BCUT2D eigenvalue weighted by atomic mass is 16.5. The van der Waals surface area contributed by atoms with Crippen molar-refractivity contribution in [3.05, 3.63) is 54.2 Å². The lowest BCUT2D eigenvalue weighted by atomic mass is 9.96. The molecule has 31 heavy (non-hydrogen) atoms. The van der Waals surface area contributed by atoms with Gasteiger partial charge >= 0.3 is 0 Å². The number of piperidine rings is 1. The molecule has 2 aliphatic heterocycles. The van der Waals surface area contributed by atoms with Crippen molar-refractivity contribution in [3.63, 3.8) is 0 Å². The molecule has 0 aliphatic carbocycles. The topological polar surface area (TPSA) is 106 Å². The number of hydrogen-bond acceptors (Lipinski definition) is 5. The standard InChI is InChI=1S/C23H26N4O4/c24-21(29)17-10-14-26(15-11-17)19(28)9-5-13-27-22-18(8-4-12-25-22)31-20(23(27)30)16-6-2-1-3-7-16/h1-4,6-8,12,17,20H,5,9-11,13-15H2,(H2,24,29). The zero-order valence-corrected chi connectivity index (χ0v) is 17.3. The predicted molar refractivity (Wildman–Crippen MR) is 114 cm³/mol. The van der Waals surface area contributed by atoms with E-state index in [9.17, 15) is 14.4 Å². The molecule has 4 rings (SSSR count). The maximum Gasteiger partial charge on any atom is 0.274 e. The summed E-state index contributed by atoms with van der Waals surface area (Å²) in [5, 5.41) is 0. The van der Waals surface area contributed by atoms with E-state index in [1.165, 1.54) is 0 Å². The molecule has 1 unspecified atom stereocenters. The zero-order chi connectivity index (χ0) is 21.8. The number of amides is 3. The summed E-state index contributed by atoms with van der Waals surface area (Å²) in [5.41, 5.74) is 6.14. The Kier molecular flexibility index (Phi) is 6.16. The fourth-order valence-electron chi connectivity index (χ4n) is 4.11. The molecule has 3 heterocycles. The number of aromatic nitrogens is 1. The summed E-state index contributed by atoms with van der Waals surface area (Å²) < 4.78 is 5.95. The van der Waals surface area contributed by atoms with Gasteiger partial charge < -0.3 is 15.4 Å². The lowest BCUT2D eigenvalue weighted by Gasteiger charge is -2.34. The summed E-state index contributed by atoms with van der Waals surface area (Å²) in [6.07, 6.45) is 2.95. The monoisotopic (exact) mass is 422 g/mol. The fraction of sp³-hybridized carbons (Fsp3) is 0.391. The summed E-state index contributed by atoms with van der Waals surface area (Å²) >= 11 is 0. The van der Waals surface area contributed by atoms with Crippen molar-refractivity contribution in [2.75, 3.05) is 24.5 Å². The van der Waals surface area contributed by atoms with Gasteiger partial charge in [-0.05, 0) is 31.4 Å². The average Bonchev–Trinajstić information content (AvgIpc) is 2.80. The molecule has 2 aromatic rings. The summed E-state index contributed by atoms with van der Waals surface area (Å²) in [4.78, 5) is 44.8. The van der Waals surface area contributed by atoms with E-state index < -0.39 is 6.10 Å². The van der Waals surface area contributed by atoms with Crippen LogP contribution in [0.2, 0.25) is 0 Å². The number of carbonyl (C=O) groups is 3. The highest BCUT2D eigenvalue weighted by Gasteiger charge is 2.36. The third kappa shape index (κ3) is 4.52. The van der Waals surface area contributed by atoms with Crippen LogP contribution in [0.3, 0.4) is 0 Å². The molecule has 0 spiro atoms. The second-order valence-corrected chi connectivity index (χ2v) is 7.88. The molecular weight excluding hydrogens is 396 g/mol. The number of rotatable bonds is 6. The second kappa shape index (κ2) is 9.16. The van der Waals surface area contributed by atoms with Crippen LogP contribution in [0.4, 0.5) is 5.82 Å². The first-order chi connectivity index (χ1) is 15.0. The van der Waals surface area contributed by atoms with Gasteiger partial charge in [0.1, 0.15) is 0 Å². The molecule has 1 aromatic heterocycles. The first kappa shape index (κ1) is 20.8. The molecule has 8 nitrogen and oxygen atoms in total. The number of ether oxygens (including phenoxy) is 1. The van der Waals surface area contributed by atoms with Crippen LogP contribution in [0.1, 0.15) is 37.4 Å². The molecule has 2 aliphatic rings. The van der Waals surface area contributed by atoms with Crippen LogP contribution in [0, 0.1) is 5.92 Å². The fourth-order valence-corrected chi connectivity index (χ4v) is 4.11. The van der Waals surface area contributed by atoms with Crippen molar-refractivity contribution >= 4 is 23.5 Å². The van der Waals surface area contributed by atoms with E-state index in [0.717, 1.165) is 5.56 Å². The molecule has 1 saturated heterocycles. The molecule has 0 radical (unpaired) electrons. The van der Waals surface area contributed by atoms with Crippen LogP contribution < -0.4 is 15.4 Å². The van der Waals surface area contributed by atoms with Gasteiger partial charge in [0.2, 0.25) is 17.9 Å². The number of carbonyl (C=O) groups excluding carboxylic acids is 3. The first-order valence-corrected chi connectivity index (χ1v) is 10.6. The molecule has 8 heteroatoms. The number of fused-ring (bicyclic) bond motifs is 1. The zero-order valence-electron chi connectivity index (χ0n) is 17.3. The molecule has 1 aromatic carbocycles. The lowest BCUT2D eigenvalue weighted by Crippen LogP contribution is -2.43. The van der Waals surface area contributed by atoms with Gasteiger partial charge in [-0.2, -0.15) is 0 Å². The SMILES string of the molecule is NC(=O)C1CCN(C(=O)CCCN2C(=O)C(c3ccccc3)Oc3cccnc32)CC1. The van der Waals surface area contributed by atoms with Gasteiger partial charge in [0.25, 0.3) is 5.91 Å². The largest absolute Gasteiger partial charge is 0.472 e. The quantitative estimate of drug-likeness (QED) is 0.767. The number of nitrogens with two attached hydrogens (primary N) is 1. The van der Waals surface area contributed by atoms with E-state index in [2.05, 4.69) is 4.98 Å². The van der Waals surface area contributed by atoms with Crippen LogP contribution >= 0.6 is 0 Å². The van der Waals surface area contributed by atoms with Crippen LogP contribution in [0.5, 0.6) is 5.75 Å². The number of likely N-dealkylation sites (tertiary alicyclic amines) is 1. The van der Waals surface area contributed by atoms with Crippen LogP contribution in [-0.4, -0.2) is 47.2 Å². The summed E-state index contributed by atoms with van der Waals surface area (Å²) in [6.45, 7) is 1.46. The Morgan fingerprint density at radius 1 is 1.10 bits per heavy atom. The van der Waals surface area contributed by atoms with Gasteiger partial charge in [-0.1, -0.05) is 30.3 Å². The molecular formula is C23H26N4O4. The highest BCUT2D eigenvalue weighted by Crippen LogP contribution is 2.37. The van der Waals surface area contributed by atoms with Crippen molar-refractivity contribution in [3.8, 4) is 5.75 Å². The average molecular weight is 422 g/mol. The lowest BCUT2D eigenvalue weighted by molar-refractivity contribution is -0.135. The van der Waals surface area contributed by atoms with Crippen molar-refractivity contribution in [1.82, 2.24) is 9.88 Å². The van der Waals surface area contributed by atoms with Gasteiger partial charge in [0.15, 0.2) is 11.6 Å². The number of hydrogen-bond donors (Lipinski definition) is 1. The smallest absolute Gasteiger partial charge is 0.274 e. The van der Waals surface area contributed by atoms with E-state index >= 15 is 0 Å². The Morgan fingerprint density at radius 3 is 2.55 bits per heavy atom. The summed E-state index contributed by atoms with van der Waals surface area (Å²) in [6, 6.07) is 12.9. The molecule has 2 N–H and O–H groups in total. The first-order valence-electron chi connectivity index (χ1n) is 10.6. The Labute approximate surface area is 181 Å². The highest BCUT2D eigenvalue weighted by molar-refractivity contribution is 5.99. The van der Waals surface area contributed by atoms with Gasteiger partial charge in [0, 0.05) is 43.7 Å². The number of nitrogens with zero attached hydrogens (tertiary/aromatic N) is 3. The Balaban J connectivity index is 1.40. The van der Waals surface area contributed by atoms with E-state index in [0.29, 0.717) is 56.9 Å². The third-order valence-corrected chi connectivity index (χ3v) is 5.87. The second-order valence-electron chi connectivity index (χ2n) is 7.88. The van der Waals surface area contributed by atoms with Crippen molar-refractivity contribution < 1.29 is 19.1 Å². The molecule has 3 amide bonds. The maximum atomic E-state index is 13.2. The number of anilines is 1. The van der Waals surface area contributed by atoms with E-state index in [-0.39, 0.29) is 23.6 Å². The summed E-state index contributed by atoms with van der Waals surface area (Å²) in [5.74, 6) is 0.436. The number of pyridine rings is 1. The minimum atomic E-state index is -0.735. The normalized spacial score (nSPS) is 19.0. The van der Waals surface area contributed by atoms with Crippen molar-refractivity contribution in [2.45, 2.75) is 31.8 Å². The van der Waals surface area contributed by atoms with Gasteiger partial charge in [-0.3, -0.25) is 19.3 Å². The van der Waals surface area contributed by atoms with Crippen molar-refractivity contribution in [1.29, 1.82) is 0 Å². The molecule has 162 valence electrons. The Hall–Kier alpha value is -3.42. The summed E-state index contributed by atoms with van der Waals surface area (Å²) in [7, 11) is 0. The Bertz CT molecular complexity index is 957. The van der Waals surface area contributed by atoms with Crippen molar-refractivity contribution in [2.24, 2.45) is 11.7 Å². The van der Waals surface area contributed by atoms with Crippen LogP contribution in [0.15, 0.2) is 48.7 Å². The molecule has 1 atom stereocenters. The van der Waals surface area contributed by atoms with Gasteiger partial charge in [0.05, 0.1) is 0 Å². The van der Waals surface area contributed by atoms with Crippen LogP contribution in [-0.2, 0) is 14.4 Å². The Morgan fingerprint density at radius 2 is 1.84 bits per heavy atom. The van der Waals surface area contributed by atoms with E-state index in [1.54, 1.807) is 28.1 Å². The predicted octanol–water partition coefficient (Wildman–Crippen LogP) is 2.05. The number of primary amides is 1. The minimum Gasteiger partial charge on any atom is -0.472 e. The number of benzene rings is 1. The van der Waals surface area contributed by atoms with Gasteiger partial charge in [-0.25, -0.2) is 4.98 Å². The maximum absolute atomic E-state index is 13.2. The van der Waals surface area contributed by atoms with Gasteiger partial charge in [-0.15, -0.1) is 0 Å². The molecule has 0 bridgehead atoms. The molecule has 1 fully saturated rings. The van der Waals surface area contributed by atoms with E-state index in [1.807, 2.05) is 30.3 Å². The third-order valence-electron chi connectivity index (χ3n) is 5.87.